The van der Waals surface area contributed by atoms with Crippen LogP contribution in [0.3, 0.4) is 0 Å². The Labute approximate surface area is 278 Å². The zero-order valence-corrected chi connectivity index (χ0v) is 26.3. The predicted molar refractivity (Wildman–Crippen MR) is 181 cm³/mol. The molecule has 4 N–H and O–H groups in total. The lowest BCUT2D eigenvalue weighted by atomic mass is 9.84. The Morgan fingerprint density at radius 3 is 2.23 bits per heavy atom. The number of para-hydroxylation sites is 1. The number of ether oxygens (including phenoxy) is 2. The zero-order chi connectivity index (χ0) is 33.1. The number of carbonyl (C=O) groups excluding carboxylic acids is 1. The number of hydrogen-bond donors (Lipinski definition) is 4. The summed E-state index contributed by atoms with van der Waals surface area (Å²) in [7, 11) is 0. The third-order valence-corrected chi connectivity index (χ3v) is 8.31. The molecule has 0 radical (unpaired) electrons. The van der Waals surface area contributed by atoms with Crippen molar-refractivity contribution in [2.24, 2.45) is 0 Å². The molecule has 5 aromatic rings. The maximum Gasteiger partial charge on any atom is 0.405 e. The molecule has 48 heavy (non-hydrogen) atoms. The lowest BCUT2D eigenvalue weighted by molar-refractivity contribution is -0.118. The van der Waals surface area contributed by atoms with Gasteiger partial charge in [0.15, 0.2) is 0 Å². The normalized spacial score (nSPS) is 16.6. The molecule has 1 aliphatic heterocycles. The summed E-state index contributed by atoms with van der Waals surface area (Å²) in [4.78, 5) is 29.9. The van der Waals surface area contributed by atoms with Crippen molar-refractivity contribution in [2.45, 2.75) is 37.0 Å². The average molecular weight is 647 g/mol. The zero-order valence-electron chi connectivity index (χ0n) is 26.3. The number of nitrogens with one attached hydrogen (secondary N) is 3. The minimum Gasteiger partial charge on any atom is -0.491 e. The number of aromatic nitrogens is 3. The molecule has 11 heteroatoms. The van der Waals surface area contributed by atoms with Gasteiger partial charge in [-0.2, -0.15) is 5.10 Å². The number of carboxylic acid groups (broad SMARTS) is 1. The second-order valence-electron chi connectivity index (χ2n) is 11.6. The molecular formula is C37H38N6O5. The van der Waals surface area contributed by atoms with Crippen LogP contribution in [0.25, 0.3) is 5.69 Å². The van der Waals surface area contributed by atoms with Crippen LogP contribution in [0.1, 0.15) is 29.0 Å². The first kappa shape index (κ1) is 32.4. The minimum absolute atomic E-state index is 0.0484. The van der Waals surface area contributed by atoms with Crippen molar-refractivity contribution in [3.05, 3.63) is 139 Å². The summed E-state index contributed by atoms with van der Waals surface area (Å²) < 4.78 is 14.1. The van der Waals surface area contributed by atoms with Gasteiger partial charge in [-0.05, 0) is 59.9 Å². The van der Waals surface area contributed by atoms with Gasteiger partial charge < -0.3 is 30.5 Å². The number of anilines is 1. The van der Waals surface area contributed by atoms with E-state index in [2.05, 4.69) is 26.0 Å². The Morgan fingerprint density at radius 1 is 0.896 bits per heavy atom. The molecule has 0 bridgehead atoms. The van der Waals surface area contributed by atoms with Gasteiger partial charge >= 0.3 is 6.09 Å². The molecule has 11 nitrogen and oxygen atoms in total. The molecule has 4 aromatic carbocycles. The fraction of sp³-hybridized carbons (Fsp3) is 0.243. The van der Waals surface area contributed by atoms with E-state index in [1.807, 2.05) is 109 Å². The Hall–Kier alpha value is -5.52. The SMILES string of the molecule is O=C(O)NC(C(=O)Nc1ccccc1CC[C@@H]1CNC[C@@H](COc2ccc(-n3cncn3)cc2)O1)C(c1ccccc1)c1ccccc1. The number of nitrogens with zero attached hydrogens (tertiary/aromatic N) is 3. The van der Waals surface area contributed by atoms with Crippen molar-refractivity contribution in [2.75, 3.05) is 25.0 Å². The van der Waals surface area contributed by atoms with Crippen LogP contribution in [0.15, 0.2) is 122 Å². The standard InChI is InChI=1S/C37H38N6O5/c44-36(35(42-37(45)46)34(27-10-3-1-4-11-27)28-12-5-2-6-13-28)41-33-14-8-7-9-26(33)15-18-31-21-38-22-32(48-31)23-47-30-19-16-29(17-20-30)43-25-39-24-40-43/h1-14,16-17,19-20,24-25,31-32,34-35,38,42H,15,18,21-23H2,(H,41,44)(H,45,46)/t31-,32+,35?/m1/s1. The highest BCUT2D eigenvalue weighted by Gasteiger charge is 2.33. The van der Waals surface area contributed by atoms with E-state index in [-0.39, 0.29) is 12.2 Å². The number of rotatable bonds is 13. The molecule has 6 rings (SSSR count). The molecule has 0 aliphatic carbocycles. The van der Waals surface area contributed by atoms with Gasteiger partial charge in [-0.3, -0.25) is 4.79 Å². The van der Waals surface area contributed by atoms with Crippen molar-refractivity contribution >= 4 is 17.7 Å². The van der Waals surface area contributed by atoms with Gasteiger partial charge in [0.05, 0.1) is 11.8 Å². The van der Waals surface area contributed by atoms with E-state index in [1.54, 1.807) is 11.0 Å². The summed E-state index contributed by atoms with van der Waals surface area (Å²) >= 11 is 0. The molecule has 246 valence electrons. The maximum absolute atomic E-state index is 13.9. The molecule has 2 heterocycles. The van der Waals surface area contributed by atoms with E-state index in [1.165, 1.54) is 6.33 Å². The lowest BCUT2D eigenvalue weighted by Crippen LogP contribution is -2.47. The van der Waals surface area contributed by atoms with E-state index < -0.39 is 24.0 Å². The van der Waals surface area contributed by atoms with Crippen molar-refractivity contribution in [1.82, 2.24) is 25.4 Å². The van der Waals surface area contributed by atoms with Gasteiger partial charge in [0, 0.05) is 24.7 Å². The molecule has 1 aromatic heterocycles. The molecule has 2 amide bonds. The van der Waals surface area contributed by atoms with Crippen LogP contribution < -0.4 is 20.7 Å². The van der Waals surface area contributed by atoms with Gasteiger partial charge in [0.25, 0.3) is 0 Å². The molecule has 0 spiro atoms. The highest BCUT2D eigenvalue weighted by atomic mass is 16.5. The molecule has 1 saturated heterocycles. The van der Waals surface area contributed by atoms with Crippen LogP contribution >= 0.6 is 0 Å². The van der Waals surface area contributed by atoms with Crippen LogP contribution in [0.5, 0.6) is 5.75 Å². The number of carbonyl (C=O) groups is 2. The largest absolute Gasteiger partial charge is 0.491 e. The molecule has 1 aliphatic rings. The van der Waals surface area contributed by atoms with Crippen LogP contribution in [-0.4, -0.2) is 69.8 Å². The second-order valence-corrected chi connectivity index (χ2v) is 11.6. The van der Waals surface area contributed by atoms with Gasteiger partial charge in [-0.15, -0.1) is 0 Å². The Bertz CT molecular complexity index is 1710. The third kappa shape index (κ3) is 8.44. The molecule has 3 atom stereocenters. The summed E-state index contributed by atoms with van der Waals surface area (Å²) in [6.45, 7) is 1.79. The molecular weight excluding hydrogens is 608 g/mol. The number of hydrogen-bond acceptors (Lipinski definition) is 7. The van der Waals surface area contributed by atoms with Crippen molar-refractivity contribution in [3.8, 4) is 11.4 Å². The molecule has 1 unspecified atom stereocenters. The first-order chi connectivity index (χ1) is 23.5. The summed E-state index contributed by atoms with van der Waals surface area (Å²) in [5.74, 6) is -0.237. The third-order valence-electron chi connectivity index (χ3n) is 8.31. The minimum atomic E-state index is -1.27. The van der Waals surface area contributed by atoms with Crippen molar-refractivity contribution in [3.63, 3.8) is 0 Å². The van der Waals surface area contributed by atoms with E-state index in [0.717, 1.165) is 34.5 Å². The highest BCUT2D eigenvalue weighted by molar-refractivity contribution is 5.98. The van der Waals surface area contributed by atoms with E-state index >= 15 is 0 Å². The van der Waals surface area contributed by atoms with Crippen molar-refractivity contribution in [1.29, 1.82) is 0 Å². The van der Waals surface area contributed by atoms with Crippen LogP contribution in [0.2, 0.25) is 0 Å². The Morgan fingerprint density at radius 2 is 1.56 bits per heavy atom. The average Bonchev–Trinajstić information content (AvgIpc) is 3.67. The van der Waals surface area contributed by atoms with E-state index in [9.17, 15) is 14.7 Å². The first-order valence-electron chi connectivity index (χ1n) is 16.0. The van der Waals surface area contributed by atoms with Gasteiger partial charge in [-0.1, -0.05) is 78.9 Å². The monoisotopic (exact) mass is 646 g/mol. The molecule has 0 saturated carbocycles. The van der Waals surface area contributed by atoms with Crippen LogP contribution in [0, 0.1) is 0 Å². The predicted octanol–water partition coefficient (Wildman–Crippen LogP) is 5.04. The van der Waals surface area contributed by atoms with E-state index in [4.69, 9.17) is 9.47 Å². The van der Waals surface area contributed by atoms with Gasteiger partial charge in [0.2, 0.25) is 5.91 Å². The van der Waals surface area contributed by atoms with Gasteiger partial charge in [-0.25, -0.2) is 14.5 Å². The summed E-state index contributed by atoms with van der Waals surface area (Å²) in [6.07, 6.45) is 3.06. The van der Waals surface area contributed by atoms with Crippen molar-refractivity contribution < 1.29 is 24.2 Å². The summed E-state index contributed by atoms with van der Waals surface area (Å²) in [6, 6.07) is 33.1. The first-order valence-corrected chi connectivity index (χ1v) is 16.0. The quantitative estimate of drug-likeness (QED) is 0.140. The number of aryl methyl sites for hydroxylation is 1. The smallest absolute Gasteiger partial charge is 0.405 e. The number of amides is 2. The summed E-state index contributed by atoms with van der Waals surface area (Å²) in [5.41, 5.74) is 4.13. The Kier molecular flexibility index (Phi) is 10.7. The molecule has 1 fully saturated rings. The fourth-order valence-electron chi connectivity index (χ4n) is 5.99. The number of morpholine rings is 1. The Balaban J connectivity index is 1.08. The number of benzene rings is 4. The topological polar surface area (TPSA) is 140 Å². The second kappa shape index (κ2) is 15.9. The highest BCUT2D eigenvalue weighted by Crippen LogP contribution is 2.30. The van der Waals surface area contributed by atoms with Crippen LogP contribution in [0.4, 0.5) is 10.5 Å². The maximum atomic E-state index is 13.9. The van der Waals surface area contributed by atoms with E-state index in [0.29, 0.717) is 31.8 Å². The van der Waals surface area contributed by atoms with Crippen LogP contribution in [-0.2, 0) is 16.0 Å². The lowest BCUT2D eigenvalue weighted by Gasteiger charge is -2.31. The summed E-state index contributed by atoms with van der Waals surface area (Å²) in [5, 5.41) is 22.9. The fourth-order valence-corrected chi connectivity index (χ4v) is 5.99. The van der Waals surface area contributed by atoms with Gasteiger partial charge in [0.1, 0.15) is 37.2 Å².